The molecule has 5 N–H and O–H groups in total. The van der Waals surface area contributed by atoms with E-state index in [2.05, 4.69) is 35.5 Å². The smallest absolute Gasteiger partial charge is 0.281 e. The molecule has 0 bridgehead atoms. The third-order valence-electron chi connectivity index (χ3n) is 4.87. The molecule has 10 nitrogen and oxygen atoms in total. The summed E-state index contributed by atoms with van der Waals surface area (Å²) < 4.78 is 27.6. The maximum absolute atomic E-state index is 13.0. The van der Waals surface area contributed by atoms with Gasteiger partial charge in [0.1, 0.15) is 23.0 Å². The van der Waals surface area contributed by atoms with Gasteiger partial charge in [-0.2, -0.15) is 5.10 Å². The molecule has 12 heteroatoms. The van der Waals surface area contributed by atoms with Gasteiger partial charge in [0.25, 0.3) is 6.43 Å². The lowest BCUT2D eigenvalue weighted by Crippen LogP contribution is -2.42. The van der Waals surface area contributed by atoms with Crippen molar-refractivity contribution in [1.29, 1.82) is 0 Å². The van der Waals surface area contributed by atoms with Crippen molar-refractivity contribution in [2.75, 3.05) is 18.0 Å². The van der Waals surface area contributed by atoms with Crippen LogP contribution in [0.3, 0.4) is 0 Å². The Labute approximate surface area is 164 Å². The number of nitrogens with two attached hydrogens (primary N) is 2. The zero-order valence-corrected chi connectivity index (χ0v) is 15.4. The minimum absolute atomic E-state index is 0.0497. The summed E-state index contributed by atoms with van der Waals surface area (Å²) in [5, 5.41) is 3.88. The molecule has 0 amide bonds. The van der Waals surface area contributed by atoms with E-state index >= 15 is 0 Å². The van der Waals surface area contributed by atoms with Crippen LogP contribution in [0.5, 0.6) is 0 Å². The van der Waals surface area contributed by atoms with E-state index in [9.17, 15) is 8.78 Å². The lowest BCUT2D eigenvalue weighted by atomic mass is 9.97. The summed E-state index contributed by atoms with van der Waals surface area (Å²) in [4.78, 5) is 19.0. The third-order valence-corrected chi connectivity index (χ3v) is 4.87. The highest BCUT2D eigenvalue weighted by molar-refractivity contribution is 5.83. The van der Waals surface area contributed by atoms with E-state index in [4.69, 9.17) is 11.6 Å². The molecule has 3 aromatic heterocycles. The van der Waals surface area contributed by atoms with Crippen LogP contribution in [0, 0.1) is 5.92 Å². The van der Waals surface area contributed by atoms with Gasteiger partial charge in [-0.15, -0.1) is 0 Å². The van der Waals surface area contributed by atoms with Crippen molar-refractivity contribution in [2.24, 2.45) is 22.6 Å². The molecule has 152 valence electrons. The van der Waals surface area contributed by atoms with Gasteiger partial charge in [-0.3, -0.25) is 4.40 Å². The number of aromatic nitrogens is 5. The van der Waals surface area contributed by atoms with Crippen molar-refractivity contribution in [3.05, 3.63) is 36.5 Å². The largest absolute Gasteiger partial charge is 0.385 e. The first-order valence-electron chi connectivity index (χ1n) is 9.05. The highest BCUT2D eigenvalue weighted by Gasteiger charge is 2.24. The van der Waals surface area contributed by atoms with E-state index in [0.29, 0.717) is 35.4 Å². The summed E-state index contributed by atoms with van der Waals surface area (Å²) in [6, 6.07) is 1.80. The van der Waals surface area contributed by atoms with Gasteiger partial charge in [-0.05, 0) is 18.9 Å². The summed E-state index contributed by atoms with van der Waals surface area (Å²) in [6.45, 7) is 1.45. The van der Waals surface area contributed by atoms with Crippen LogP contribution < -0.4 is 22.0 Å². The standard InChI is InChI=1S/C17H20F2N10/c18-15(19)11-9-29-12(6-24-14(29)7-23-11)17-22-4-3-13(25-17)28-5-1-2-10(8-28)16(20)26-27-21/h3-4,6-7,9-10,15,27H,1-2,5,8,21H2,(H2,20,26). The Morgan fingerprint density at radius 3 is 2.93 bits per heavy atom. The van der Waals surface area contributed by atoms with E-state index in [0.717, 1.165) is 19.4 Å². The zero-order valence-electron chi connectivity index (χ0n) is 15.4. The average Bonchev–Trinajstić information content (AvgIpc) is 3.17. The first-order chi connectivity index (χ1) is 14.1. The Bertz CT molecular complexity index is 1030. The first kappa shape index (κ1) is 18.9. The monoisotopic (exact) mass is 402 g/mol. The first-order valence-corrected chi connectivity index (χ1v) is 9.05. The van der Waals surface area contributed by atoms with E-state index in [1.807, 2.05) is 0 Å². The molecule has 1 unspecified atom stereocenters. The van der Waals surface area contributed by atoms with Gasteiger partial charge >= 0.3 is 0 Å². The number of hydrogen-bond donors (Lipinski definition) is 3. The molecular formula is C17H20F2N10. The maximum atomic E-state index is 13.0. The molecule has 1 aliphatic rings. The number of halogens is 2. The molecule has 0 aliphatic carbocycles. The summed E-state index contributed by atoms with van der Waals surface area (Å²) >= 11 is 0. The van der Waals surface area contributed by atoms with Crippen LogP contribution in [0.2, 0.25) is 0 Å². The molecule has 1 aliphatic heterocycles. The number of hydrazine groups is 1. The highest BCUT2D eigenvalue weighted by atomic mass is 19.3. The Morgan fingerprint density at radius 1 is 1.28 bits per heavy atom. The molecule has 3 aromatic rings. The SMILES string of the molecule is NN/N=C(\N)C1CCCN(c2ccnc(-c3cnc4cnc(C(F)F)cn34)n2)C1. The van der Waals surface area contributed by atoms with Crippen LogP contribution in [0.15, 0.2) is 36.0 Å². The number of piperidine rings is 1. The molecule has 0 radical (unpaired) electrons. The molecule has 4 rings (SSSR count). The Kier molecular flexibility index (Phi) is 5.16. The number of nitrogens with zero attached hydrogens (tertiary/aromatic N) is 7. The summed E-state index contributed by atoms with van der Waals surface area (Å²) in [5.41, 5.74) is 8.81. The van der Waals surface area contributed by atoms with Crippen LogP contribution in [-0.2, 0) is 0 Å². The van der Waals surface area contributed by atoms with E-state index < -0.39 is 6.43 Å². The molecule has 0 spiro atoms. The quantitative estimate of drug-likeness (QED) is 0.250. The fourth-order valence-corrected chi connectivity index (χ4v) is 3.42. The van der Waals surface area contributed by atoms with Crippen molar-refractivity contribution in [3.8, 4) is 11.5 Å². The zero-order chi connectivity index (χ0) is 20.4. The van der Waals surface area contributed by atoms with Crippen LogP contribution in [-0.4, -0.2) is 43.3 Å². The van der Waals surface area contributed by atoms with Gasteiger partial charge in [0.2, 0.25) is 0 Å². The highest BCUT2D eigenvalue weighted by Crippen LogP contribution is 2.25. The minimum atomic E-state index is -2.68. The Balaban J connectivity index is 1.65. The summed E-state index contributed by atoms with van der Waals surface area (Å²) in [7, 11) is 0. The van der Waals surface area contributed by atoms with Crippen LogP contribution in [0.25, 0.3) is 17.2 Å². The fraction of sp³-hybridized carbons (Fsp3) is 0.353. The number of alkyl halides is 2. The van der Waals surface area contributed by atoms with Gasteiger partial charge in [0.15, 0.2) is 11.5 Å². The second-order valence-corrected chi connectivity index (χ2v) is 6.67. The maximum Gasteiger partial charge on any atom is 0.281 e. The number of nitrogens with one attached hydrogen (secondary N) is 1. The number of hydrazone groups is 1. The number of imidazole rings is 1. The van der Waals surface area contributed by atoms with Gasteiger partial charge in [0.05, 0.1) is 12.4 Å². The predicted octanol–water partition coefficient (Wildman–Crippen LogP) is 1.08. The topological polar surface area (TPSA) is 136 Å². The molecule has 29 heavy (non-hydrogen) atoms. The van der Waals surface area contributed by atoms with Crippen molar-refractivity contribution in [3.63, 3.8) is 0 Å². The molecule has 1 fully saturated rings. The van der Waals surface area contributed by atoms with E-state index in [1.165, 1.54) is 16.8 Å². The molecule has 4 heterocycles. The van der Waals surface area contributed by atoms with Gasteiger partial charge in [-0.25, -0.2) is 40.1 Å². The minimum Gasteiger partial charge on any atom is -0.385 e. The van der Waals surface area contributed by atoms with Gasteiger partial charge in [0, 0.05) is 31.4 Å². The van der Waals surface area contributed by atoms with Crippen molar-refractivity contribution in [1.82, 2.24) is 29.9 Å². The third kappa shape index (κ3) is 3.78. The van der Waals surface area contributed by atoms with E-state index in [1.54, 1.807) is 18.5 Å². The molecule has 0 aromatic carbocycles. The molecule has 1 saturated heterocycles. The summed E-state index contributed by atoms with van der Waals surface area (Å²) in [5.74, 6) is 6.81. The van der Waals surface area contributed by atoms with Gasteiger partial charge in [-0.1, -0.05) is 0 Å². The number of anilines is 1. The number of rotatable bonds is 5. The Hall–Kier alpha value is -3.41. The molecule has 0 saturated carbocycles. The second-order valence-electron chi connectivity index (χ2n) is 6.67. The van der Waals surface area contributed by atoms with Gasteiger partial charge < -0.3 is 10.6 Å². The lowest BCUT2D eigenvalue weighted by molar-refractivity contribution is 0.145. The Morgan fingerprint density at radius 2 is 2.14 bits per heavy atom. The van der Waals surface area contributed by atoms with Crippen LogP contribution in [0.1, 0.15) is 25.0 Å². The summed E-state index contributed by atoms with van der Waals surface area (Å²) in [6.07, 6.45) is 4.88. The number of amidine groups is 1. The second kappa shape index (κ2) is 7.91. The average molecular weight is 402 g/mol. The van der Waals surface area contributed by atoms with Crippen LogP contribution in [0.4, 0.5) is 14.6 Å². The van der Waals surface area contributed by atoms with Crippen molar-refractivity contribution < 1.29 is 8.78 Å². The van der Waals surface area contributed by atoms with Crippen LogP contribution >= 0.6 is 0 Å². The van der Waals surface area contributed by atoms with Crippen molar-refractivity contribution in [2.45, 2.75) is 19.3 Å². The molecular weight excluding hydrogens is 382 g/mol. The number of hydrogen-bond acceptors (Lipinski definition) is 8. The normalized spacial score (nSPS) is 17.9. The number of fused-ring (bicyclic) bond motifs is 1. The lowest BCUT2D eigenvalue weighted by Gasteiger charge is -2.33. The molecule has 1 atom stereocenters. The van der Waals surface area contributed by atoms with E-state index in [-0.39, 0.29) is 11.6 Å². The van der Waals surface area contributed by atoms with Crippen molar-refractivity contribution >= 4 is 17.3 Å². The predicted molar refractivity (Wildman–Crippen MR) is 103 cm³/mol. The fourth-order valence-electron chi connectivity index (χ4n) is 3.42.